The molecule has 0 aliphatic heterocycles. The first-order valence-corrected chi connectivity index (χ1v) is 4.40. The van der Waals surface area contributed by atoms with Gasteiger partial charge in [-0.3, -0.25) is 0 Å². The molecule has 0 saturated carbocycles. The number of benzene rings is 1. The Morgan fingerprint density at radius 3 is 2.50 bits per heavy atom. The Labute approximate surface area is 82.6 Å². The van der Waals surface area contributed by atoms with Gasteiger partial charge in [-0.1, -0.05) is 18.7 Å². The highest BCUT2D eigenvalue weighted by Gasteiger charge is 2.00. The van der Waals surface area contributed by atoms with E-state index in [1.165, 1.54) is 0 Å². The normalized spacial score (nSPS) is 9.79. The summed E-state index contributed by atoms with van der Waals surface area (Å²) >= 11 is 0. The summed E-state index contributed by atoms with van der Waals surface area (Å²) in [5.74, 6) is 0. The lowest BCUT2D eigenvalue weighted by Crippen LogP contribution is -1.92. The smallest absolute Gasteiger partial charge is 0.0926 e. The third-order valence-electron chi connectivity index (χ3n) is 2.02. The average molecular weight is 182 g/mol. The highest BCUT2D eigenvalue weighted by Crippen LogP contribution is 2.12. The van der Waals surface area contributed by atoms with E-state index in [4.69, 9.17) is 0 Å². The molecule has 0 atom stereocenters. The van der Waals surface area contributed by atoms with Crippen molar-refractivity contribution in [2.45, 2.75) is 6.92 Å². The molecule has 68 valence electrons. The Bertz CT molecular complexity index is 523. The molecule has 0 N–H and O–H groups in total. The molecule has 0 amide bonds. The first-order valence-electron chi connectivity index (χ1n) is 4.40. The Hall–Kier alpha value is -1.92. The minimum Gasteiger partial charge on any atom is -0.249 e. The Morgan fingerprint density at radius 2 is 1.86 bits per heavy atom. The molecule has 2 aromatic rings. The van der Waals surface area contributed by atoms with E-state index >= 15 is 0 Å². The fourth-order valence-corrected chi connectivity index (χ4v) is 1.34. The predicted molar refractivity (Wildman–Crippen MR) is 57.9 cm³/mol. The van der Waals surface area contributed by atoms with E-state index in [2.05, 4.69) is 22.3 Å². The first-order chi connectivity index (χ1) is 6.81. The molecule has 0 radical (unpaired) electrons. The van der Waals surface area contributed by atoms with Crippen molar-refractivity contribution in [1.29, 1.82) is 0 Å². The van der Waals surface area contributed by atoms with Gasteiger partial charge in [-0.15, -0.1) is 5.73 Å². The van der Waals surface area contributed by atoms with Gasteiger partial charge in [-0.05, 0) is 19.1 Å². The summed E-state index contributed by atoms with van der Waals surface area (Å²) in [4.78, 5) is 8.88. The molecule has 0 spiro atoms. The van der Waals surface area contributed by atoms with Crippen LogP contribution in [0.2, 0.25) is 0 Å². The number of aryl methyl sites for hydroxylation is 1. The standard InChI is InChI=1S/C12H10N2/c1-3-6-10-9(2)13-11-7-4-5-8-12(11)14-10/h4-8H,1H2,2H3. The van der Waals surface area contributed by atoms with Gasteiger partial charge in [0.05, 0.1) is 22.4 Å². The van der Waals surface area contributed by atoms with Crippen LogP contribution in [-0.2, 0) is 0 Å². The van der Waals surface area contributed by atoms with Crippen LogP contribution >= 0.6 is 0 Å². The summed E-state index contributed by atoms with van der Waals surface area (Å²) in [7, 11) is 0. The van der Waals surface area contributed by atoms with Gasteiger partial charge >= 0.3 is 0 Å². The molecule has 0 unspecified atom stereocenters. The molecule has 0 saturated heterocycles. The molecule has 0 aliphatic carbocycles. The summed E-state index contributed by atoms with van der Waals surface area (Å²) in [6.07, 6.45) is 1.74. The quantitative estimate of drug-likeness (QED) is 0.634. The number of aromatic nitrogens is 2. The third-order valence-corrected chi connectivity index (χ3v) is 2.02. The second-order valence-corrected chi connectivity index (χ2v) is 3.03. The van der Waals surface area contributed by atoms with Gasteiger partial charge in [0.25, 0.3) is 0 Å². The van der Waals surface area contributed by atoms with E-state index < -0.39 is 0 Å². The van der Waals surface area contributed by atoms with Crippen molar-refractivity contribution < 1.29 is 0 Å². The van der Waals surface area contributed by atoms with Crippen LogP contribution in [0.1, 0.15) is 11.4 Å². The zero-order valence-electron chi connectivity index (χ0n) is 7.99. The van der Waals surface area contributed by atoms with E-state index in [1.807, 2.05) is 31.2 Å². The number of nitrogens with zero attached hydrogens (tertiary/aromatic N) is 2. The molecule has 2 rings (SSSR count). The van der Waals surface area contributed by atoms with E-state index in [0.29, 0.717) is 0 Å². The Morgan fingerprint density at radius 1 is 1.21 bits per heavy atom. The fraction of sp³-hybridized carbons (Fsp3) is 0.0833. The van der Waals surface area contributed by atoms with Crippen molar-refractivity contribution in [2.24, 2.45) is 0 Å². The summed E-state index contributed by atoms with van der Waals surface area (Å²) in [5, 5.41) is 0. The van der Waals surface area contributed by atoms with Gasteiger partial charge in [0.15, 0.2) is 0 Å². The van der Waals surface area contributed by atoms with E-state index in [1.54, 1.807) is 6.08 Å². The molecular formula is C12H10N2. The van der Waals surface area contributed by atoms with Gasteiger partial charge in [-0.25, -0.2) is 9.97 Å². The topological polar surface area (TPSA) is 25.8 Å². The van der Waals surface area contributed by atoms with Gasteiger partial charge in [0, 0.05) is 6.08 Å². The van der Waals surface area contributed by atoms with Crippen LogP contribution in [0.15, 0.2) is 36.6 Å². The van der Waals surface area contributed by atoms with Crippen LogP contribution < -0.4 is 0 Å². The maximum atomic E-state index is 4.44. The van der Waals surface area contributed by atoms with Gasteiger partial charge in [-0.2, -0.15) is 0 Å². The van der Waals surface area contributed by atoms with Crippen LogP contribution in [0.3, 0.4) is 0 Å². The highest BCUT2D eigenvalue weighted by atomic mass is 14.8. The number of rotatable bonds is 1. The molecule has 1 aromatic carbocycles. The van der Waals surface area contributed by atoms with Crippen molar-refractivity contribution in [1.82, 2.24) is 9.97 Å². The second-order valence-electron chi connectivity index (χ2n) is 3.03. The van der Waals surface area contributed by atoms with E-state index in [0.717, 1.165) is 22.4 Å². The van der Waals surface area contributed by atoms with Crippen LogP contribution in [0.5, 0.6) is 0 Å². The molecule has 1 heterocycles. The summed E-state index contributed by atoms with van der Waals surface area (Å²) in [5.41, 5.74) is 6.27. The van der Waals surface area contributed by atoms with E-state index in [9.17, 15) is 0 Å². The minimum atomic E-state index is 0.832. The molecule has 2 nitrogen and oxygen atoms in total. The van der Waals surface area contributed by atoms with Crippen molar-refractivity contribution in [3.8, 4) is 0 Å². The van der Waals surface area contributed by atoms with Gasteiger partial charge in [0.1, 0.15) is 0 Å². The number of hydrogen-bond donors (Lipinski definition) is 0. The number of hydrogen-bond acceptors (Lipinski definition) is 2. The SMILES string of the molecule is C=C=Cc1nc2ccccc2nc1C. The molecule has 2 heteroatoms. The monoisotopic (exact) mass is 182 g/mol. The van der Waals surface area contributed by atoms with Crippen LogP contribution in [-0.4, -0.2) is 9.97 Å². The third kappa shape index (κ3) is 1.43. The summed E-state index contributed by atoms with van der Waals surface area (Å²) in [6.45, 7) is 5.46. The van der Waals surface area contributed by atoms with Gasteiger partial charge in [0.2, 0.25) is 0 Å². The molecule has 1 aromatic heterocycles. The molecule has 0 aliphatic rings. The zero-order valence-corrected chi connectivity index (χ0v) is 7.99. The van der Waals surface area contributed by atoms with Crippen LogP contribution in [0, 0.1) is 6.92 Å². The predicted octanol–water partition coefficient (Wildman–Crippen LogP) is 2.74. The Balaban J connectivity index is 2.76. The zero-order chi connectivity index (χ0) is 9.97. The average Bonchev–Trinajstić information content (AvgIpc) is 2.19. The van der Waals surface area contributed by atoms with Crippen molar-refractivity contribution in [3.05, 3.63) is 48.0 Å². The van der Waals surface area contributed by atoms with Crippen molar-refractivity contribution in [2.75, 3.05) is 0 Å². The van der Waals surface area contributed by atoms with Crippen molar-refractivity contribution in [3.63, 3.8) is 0 Å². The van der Waals surface area contributed by atoms with Gasteiger partial charge < -0.3 is 0 Å². The molecular weight excluding hydrogens is 172 g/mol. The number of fused-ring (bicyclic) bond motifs is 1. The maximum absolute atomic E-state index is 4.44. The minimum absolute atomic E-state index is 0.832. The van der Waals surface area contributed by atoms with E-state index in [-0.39, 0.29) is 0 Å². The fourth-order valence-electron chi connectivity index (χ4n) is 1.34. The largest absolute Gasteiger partial charge is 0.249 e. The molecule has 14 heavy (non-hydrogen) atoms. The maximum Gasteiger partial charge on any atom is 0.0926 e. The number of para-hydroxylation sites is 2. The second kappa shape index (κ2) is 3.44. The lowest BCUT2D eigenvalue weighted by Gasteiger charge is -2.00. The summed E-state index contributed by atoms with van der Waals surface area (Å²) in [6, 6.07) is 7.81. The lowest BCUT2D eigenvalue weighted by molar-refractivity contribution is 1.16. The first kappa shape index (κ1) is 8.67. The molecule has 0 fully saturated rings. The highest BCUT2D eigenvalue weighted by molar-refractivity contribution is 5.75. The van der Waals surface area contributed by atoms with Crippen molar-refractivity contribution >= 4 is 17.1 Å². The lowest BCUT2D eigenvalue weighted by atomic mass is 10.2. The van der Waals surface area contributed by atoms with Crippen LogP contribution in [0.4, 0.5) is 0 Å². The Kier molecular flexibility index (Phi) is 2.13. The summed E-state index contributed by atoms with van der Waals surface area (Å²) < 4.78 is 0. The molecule has 0 bridgehead atoms. The van der Waals surface area contributed by atoms with Crippen LogP contribution in [0.25, 0.3) is 17.1 Å².